The van der Waals surface area contributed by atoms with Gasteiger partial charge in [0.2, 0.25) is 0 Å². The molecule has 0 spiro atoms. The van der Waals surface area contributed by atoms with Gasteiger partial charge >= 0.3 is 6.09 Å². The third-order valence-electron chi connectivity index (χ3n) is 2.40. The van der Waals surface area contributed by atoms with Crippen LogP contribution in [0.3, 0.4) is 0 Å². The molecular formula is C8H11N5O4S. The smallest absolute Gasteiger partial charge is 0.419 e. The second kappa shape index (κ2) is 4.48. The van der Waals surface area contributed by atoms with E-state index in [1.807, 2.05) is 0 Å². The first kappa shape index (κ1) is 12.7. The summed E-state index contributed by atoms with van der Waals surface area (Å²) >= 11 is 0. The summed E-state index contributed by atoms with van der Waals surface area (Å²) in [6.45, 7) is 0.512. The van der Waals surface area contributed by atoms with Crippen molar-refractivity contribution in [2.75, 3.05) is 7.05 Å². The van der Waals surface area contributed by atoms with Gasteiger partial charge in [0.25, 0.3) is 15.2 Å². The Bertz CT molecular complexity index is 587. The molecule has 10 heteroatoms. The Morgan fingerprint density at radius 2 is 2.22 bits per heavy atom. The normalized spacial score (nSPS) is 15.4. The summed E-state index contributed by atoms with van der Waals surface area (Å²) in [5.74, 6) is 0. The van der Waals surface area contributed by atoms with Crippen LogP contribution < -0.4 is 10.1 Å². The molecule has 0 radical (unpaired) electrons. The Morgan fingerprint density at radius 1 is 1.50 bits per heavy atom. The number of fused-ring (bicyclic) bond motifs is 1. The van der Waals surface area contributed by atoms with E-state index in [0.29, 0.717) is 17.8 Å². The molecule has 3 N–H and O–H groups in total. The van der Waals surface area contributed by atoms with Gasteiger partial charge in [-0.15, -0.1) is 0 Å². The summed E-state index contributed by atoms with van der Waals surface area (Å²) in [5.41, 5.74) is 3.36. The molecule has 0 bridgehead atoms. The second-order valence-electron chi connectivity index (χ2n) is 3.61. The van der Waals surface area contributed by atoms with Gasteiger partial charge in [-0.3, -0.25) is 5.43 Å². The lowest BCUT2D eigenvalue weighted by Gasteiger charge is -2.12. The first-order chi connectivity index (χ1) is 8.42. The molecule has 2 rings (SSSR count). The lowest BCUT2D eigenvalue weighted by molar-refractivity contribution is 0.138. The van der Waals surface area contributed by atoms with E-state index in [4.69, 9.17) is 5.11 Å². The number of carboxylic acid groups (broad SMARTS) is 1. The van der Waals surface area contributed by atoms with Gasteiger partial charge in [-0.05, 0) is 7.05 Å². The van der Waals surface area contributed by atoms with Gasteiger partial charge in [0.05, 0.1) is 12.2 Å². The minimum atomic E-state index is -3.69. The van der Waals surface area contributed by atoms with Gasteiger partial charge in [0.15, 0.2) is 0 Å². The zero-order valence-electron chi connectivity index (χ0n) is 9.41. The summed E-state index contributed by atoms with van der Waals surface area (Å²) in [4.78, 5) is 18.1. The van der Waals surface area contributed by atoms with Crippen molar-refractivity contribution in [2.24, 2.45) is 0 Å². The van der Waals surface area contributed by atoms with Gasteiger partial charge in [0, 0.05) is 18.3 Å². The molecule has 0 saturated heterocycles. The van der Waals surface area contributed by atoms with E-state index in [0.717, 1.165) is 0 Å². The molecule has 1 aliphatic heterocycles. The first-order valence-corrected chi connectivity index (χ1v) is 6.43. The molecule has 1 aromatic heterocycles. The van der Waals surface area contributed by atoms with Crippen molar-refractivity contribution in [3.8, 4) is 0 Å². The summed E-state index contributed by atoms with van der Waals surface area (Å²) in [5, 5.41) is 9.66. The number of nitrogens with one attached hydrogen (secondary N) is 2. The zero-order chi connectivity index (χ0) is 13.3. The maximum Gasteiger partial charge on any atom is 0.419 e. The third kappa shape index (κ3) is 2.39. The van der Waals surface area contributed by atoms with Crippen LogP contribution in [0.1, 0.15) is 11.3 Å². The molecule has 0 saturated carbocycles. The molecule has 1 aromatic rings. The highest BCUT2D eigenvalue weighted by molar-refractivity contribution is 7.89. The number of rotatable bonds is 3. The molecule has 98 valence electrons. The van der Waals surface area contributed by atoms with Gasteiger partial charge in [0.1, 0.15) is 0 Å². The molecule has 1 amide bonds. The Hall–Kier alpha value is -1.78. The zero-order valence-corrected chi connectivity index (χ0v) is 10.2. The highest BCUT2D eigenvalue weighted by atomic mass is 32.2. The van der Waals surface area contributed by atoms with Gasteiger partial charge in [-0.1, -0.05) is 0 Å². The molecule has 0 aromatic carbocycles. The van der Waals surface area contributed by atoms with Crippen LogP contribution >= 0.6 is 0 Å². The van der Waals surface area contributed by atoms with Crippen LogP contribution in [0.15, 0.2) is 11.4 Å². The fraction of sp³-hybridized carbons (Fsp3) is 0.375. The van der Waals surface area contributed by atoms with Crippen LogP contribution in [0.25, 0.3) is 0 Å². The average molecular weight is 273 g/mol. The molecule has 0 aliphatic carbocycles. The van der Waals surface area contributed by atoms with Crippen molar-refractivity contribution >= 4 is 16.1 Å². The van der Waals surface area contributed by atoms with Crippen LogP contribution in [-0.2, 0) is 23.1 Å². The van der Waals surface area contributed by atoms with Crippen molar-refractivity contribution in [2.45, 2.75) is 18.2 Å². The molecule has 18 heavy (non-hydrogen) atoms. The van der Waals surface area contributed by atoms with Crippen LogP contribution in [0.2, 0.25) is 0 Å². The summed E-state index contributed by atoms with van der Waals surface area (Å²) in [7, 11) is -2.42. The minimum Gasteiger partial charge on any atom is -0.464 e. The Labute approximate surface area is 103 Å². The average Bonchev–Trinajstić information content (AvgIpc) is 2.68. The summed E-state index contributed by atoms with van der Waals surface area (Å²) in [6, 6.07) is 0. The minimum absolute atomic E-state index is 0.205. The summed E-state index contributed by atoms with van der Waals surface area (Å²) in [6.07, 6.45) is 0.203. The molecule has 0 unspecified atom stereocenters. The van der Waals surface area contributed by atoms with E-state index in [9.17, 15) is 13.2 Å². The maximum absolute atomic E-state index is 11.5. The maximum atomic E-state index is 11.5. The lowest BCUT2D eigenvalue weighted by atomic mass is 10.3. The Kier molecular flexibility index (Phi) is 3.15. The van der Waals surface area contributed by atoms with E-state index < -0.39 is 16.1 Å². The van der Waals surface area contributed by atoms with Gasteiger partial charge in [-0.25, -0.2) is 32.9 Å². The van der Waals surface area contributed by atoms with Crippen molar-refractivity contribution in [3.63, 3.8) is 0 Å². The first-order valence-electron chi connectivity index (χ1n) is 4.95. The Morgan fingerprint density at radius 3 is 2.83 bits per heavy atom. The van der Waals surface area contributed by atoms with Crippen molar-refractivity contribution in [1.82, 2.24) is 25.1 Å². The van der Waals surface area contributed by atoms with E-state index in [1.54, 1.807) is 0 Å². The standard InChI is InChI=1S/C8H11N5O4S/c1-9-18(16,17)7-10-2-5-3-13(12-8(14)15)4-6(5)11-7/h2,9,12H,3-4H2,1H3,(H,14,15). The highest BCUT2D eigenvalue weighted by Gasteiger charge is 2.25. The second-order valence-corrected chi connectivity index (χ2v) is 5.39. The van der Waals surface area contributed by atoms with Gasteiger partial charge < -0.3 is 5.11 Å². The molecule has 0 atom stereocenters. The number of sulfonamides is 1. The molecule has 9 nitrogen and oxygen atoms in total. The van der Waals surface area contributed by atoms with Crippen LogP contribution in [0, 0.1) is 0 Å². The fourth-order valence-electron chi connectivity index (χ4n) is 1.57. The third-order valence-corrected chi connectivity index (χ3v) is 3.61. The van der Waals surface area contributed by atoms with Crippen molar-refractivity contribution < 1.29 is 18.3 Å². The monoisotopic (exact) mass is 273 g/mol. The number of aromatic nitrogens is 2. The van der Waals surface area contributed by atoms with Crippen LogP contribution in [-0.4, -0.2) is 41.6 Å². The molecule has 2 heterocycles. The van der Waals surface area contributed by atoms with Crippen LogP contribution in [0.4, 0.5) is 4.79 Å². The van der Waals surface area contributed by atoms with Crippen molar-refractivity contribution in [3.05, 3.63) is 17.5 Å². The number of carbonyl (C=O) groups is 1. The number of hydrogen-bond donors (Lipinski definition) is 3. The topological polar surface area (TPSA) is 125 Å². The predicted molar refractivity (Wildman–Crippen MR) is 58.7 cm³/mol. The fourth-order valence-corrected chi connectivity index (χ4v) is 2.17. The predicted octanol–water partition coefficient (Wildman–Crippen LogP) is -1.12. The van der Waals surface area contributed by atoms with Crippen LogP contribution in [0.5, 0.6) is 0 Å². The summed E-state index contributed by atoms with van der Waals surface area (Å²) < 4.78 is 25.1. The van der Waals surface area contributed by atoms with E-state index >= 15 is 0 Å². The van der Waals surface area contributed by atoms with E-state index in [-0.39, 0.29) is 11.7 Å². The SMILES string of the molecule is CNS(=O)(=O)c1ncc2c(n1)CN(NC(=O)O)C2. The molecule has 0 fully saturated rings. The number of nitrogens with zero attached hydrogens (tertiary/aromatic N) is 3. The quantitative estimate of drug-likeness (QED) is 0.596. The highest BCUT2D eigenvalue weighted by Crippen LogP contribution is 2.19. The number of hydrogen-bond acceptors (Lipinski definition) is 6. The largest absolute Gasteiger partial charge is 0.464 e. The van der Waals surface area contributed by atoms with Gasteiger partial charge in [-0.2, -0.15) is 0 Å². The lowest BCUT2D eigenvalue weighted by Crippen LogP contribution is -2.37. The van der Waals surface area contributed by atoms with E-state index in [2.05, 4.69) is 20.1 Å². The van der Waals surface area contributed by atoms with Crippen molar-refractivity contribution in [1.29, 1.82) is 0 Å². The molecular weight excluding hydrogens is 262 g/mol. The Balaban J connectivity index is 2.25. The molecule has 1 aliphatic rings. The number of amides is 1. The number of hydrazine groups is 1. The van der Waals surface area contributed by atoms with E-state index in [1.165, 1.54) is 18.3 Å².